The first-order valence-electron chi connectivity index (χ1n) is 11.6. The Hall–Kier alpha value is -2.71. The number of hydrogen-bond acceptors (Lipinski definition) is 6. The van der Waals surface area contributed by atoms with Gasteiger partial charge in [-0.3, -0.25) is 14.5 Å². The molecule has 3 heterocycles. The summed E-state index contributed by atoms with van der Waals surface area (Å²) in [7, 11) is 1.64. The fourth-order valence-electron chi connectivity index (χ4n) is 4.51. The van der Waals surface area contributed by atoms with Crippen molar-refractivity contribution < 1.29 is 4.79 Å². The molecule has 0 spiro atoms. The topological polar surface area (TPSA) is 73.7 Å². The summed E-state index contributed by atoms with van der Waals surface area (Å²) >= 11 is 0. The van der Waals surface area contributed by atoms with Gasteiger partial charge in [-0.1, -0.05) is 30.3 Å². The number of anilines is 1. The van der Waals surface area contributed by atoms with E-state index in [4.69, 9.17) is 0 Å². The molecule has 1 aromatic carbocycles. The van der Waals surface area contributed by atoms with E-state index in [2.05, 4.69) is 55.4 Å². The van der Waals surface area contributed by atoms with E-state index in [-0.39, 0.29) is 17.4 Å². The molecule has 1 unspecified atom stereocenters. The van der Waals surface area contributed by atoms with E-state index in [1.54, 1.807) is 19.3 Å². The quantitative estimate of drug-likeness (QED) is 0.619. The van der Waals surface area contributed by atoms with E-state index in [0.717, 1.165) is 64.3 Å². The standard InChI is InChI=1S/C24H34N6O2/c1-27-23(31)16-22(17-26-27)30-11-8-21(19-30)24(32)25-9-5-10-28-12-14-29(15-13-28)18-20-6-3-2-4-7-20/h2-4,6-7,16-17,21H,5,8-15,18-19H2,1H3,(H,25,32). The van der Waals surface area contributed by atoms with Crippen LogP contribution in [0.4, 0.5) is 5.69 Å². The summed E-state index contributed by atoms with van der Waals surface area (Å²) in [5, 5.41) is 7.19. The molecule has 2 fully saturated rings. The molecular formula is C24H34N6O2. The van der Waals surface area contributed by atoms with Gasteiger partial charge in [0.1, 0.15) is 0 Å². The van der Waals surface area contributed by atoms with E-state index >= 15 is 0 Å². The molecule has 172 valence electrons. The second-order valence-corrected chi connectivity index (χ2v) is 8.86. The van der Waals surface area contributed by atoms with E-state index in [0.29, 0.717) is 13.1 Å². The minimum atomic E-state index is -0.128. The van der Waals surface area contributed by atoms with Gasteiger partial charge >= 0.3 is 0 Å². The Kier molecular flexibility index (Phi) is 7.55. The van der Waals surface area contributed by atoms with Crippen molar-refractivity contribution in [3.05, 3.63) is 58.5 Å². The Morgan fingerprint density at radius 2 is 1.84 bits per heavy atom. The Morgan fingerprint density at radius 3 is 2.59 bits per heavy atom. The van der Waals surface area contributed by atoms with Crippen LogP contribution in [0, 0.1) is 5.92 Å². The number of aryl methyl sites for hydroxylation is 1. The molecule has 0 bridgehead atoms. The molecule has 1 aromatic heterocycles. The molecule has 32 heavy (non-hydrogen) atoms. The Labute approximate surface area is 189 Å². The number of rotatable bonds is 8. The van der Waals surface area contributed by atoms with Gasteiger partial charge in [-0.15, -0.1) is 0 Å². The first-order valence-corrected chi connectivity index (χ1v) is 11.6. The van der Waals surface area contributed by atoms with Crippen LogP contribution in [0.2, 0.25) is 0 Å². The Balaban J connectivity index is 1.11. The minimum absolute atomic E-state index is 0.0272. The predicted octanol–water partition coefficient (Wildman–Crippen LogP) is 0.931. The van der Waals surface area contributed by atoms with E-state index in [1.165, 1.54) is 10.2 Å². The van der Waals surface area contributed by atoms with Crippen molar-refractivity contribution in [1.82, 2.24) is 24.9 Å². The highest BCUT2D eigenvalue weighted by atomic mass is 16.2. The largest absolute Gasteiger partial charge is 0.369 e. The van der Waals surface area contributed by atoms with Gasteiger partial charge in [0.25, 0.3) is 5.56 Å². The molecule has 8 nitrogen and oxygen atoms in total. The number of aromatic nitrogens is 2. The molecule has 1 amide bonds. The van der Waals surface area contributed by atoms with Crippen LogP contribution < -0.4 is 15.8 Å². The van der Waals surface area contributed by atoms with Crippen molar-refractivity contribution in [3.8, 4) is 0 Å². The molecule has 0 radical (unpaired) electrons. The van der Waals surface area contributed by atoms with Crippen LogP contribution in [0.3, 0.4) is 0 Å². The molecule has 1 N–H and O–H groups in total. The van der Waals surface area contributed by atoms with Crippen LogP contribution in [0.1, 0.15) is 18.4 Å². The second kappa shape index (κ2) is 10.7. The van der Waals surface area contributed by atoms with Gasteiger partial charge in [-0.2, -0.15) is 5.10 Å². The monoisotopic (exact) mass is 438 g/mol. The Bertz CT molecular complexity index is 939. The summed E-state index contributed by atoms with van der Waals surface area (Å²) in [6.45, 7) is 8.54. The number of hydrogen-bond donors (Lipinski definition) is 1. The van der Waals surface area contributed by atoms with Crippen LogP contribution in [-0.2, 0) is 18.4 Å². The van der Waals surface area contributed by atoms with Crippen LogP contribution in [0.5, 0.6) is 0 Å². The highest BCUT2D eigenvalue weighted by Gasteiger charge is 2.28. The van der Waals surface area contributed by atoms with Gasteiger partial charge in [0.15, 0.2) is 0 Å². The average Bonchev–Trinajstić information content (AvgIpc) is 3.31. The van der Waals surface area contributed by atoms with E-state index in [1.807, 2.05) is 0 Å². The summed E-state index contributed by atoms with van der Waals surface area (Å²) in [5.41, 5.74) is 2.05. The first-order chi connectivity index (χ1) is 15.6. The number of amides is 1. The minimum Gasteiger partial charge on any atom is -0.369 e. The van der Waals surface area contributed by atoms with Gasteiger partial charge in [-0.05, 0) is 24.9 Å². The molecule has 8 heteroatoms. The first kappa shape index (κ1) is 22.5. The zero-order chi connectivity index (χ0) is 22.3. The van der Waals surface area contributed by atoms with Crippen molar-refractivity contribution in [2.45, 2.75) is 19.4 Å². The molecule has 2 aromatic rings. The molecule has 0 aliphatic carbocycles. The third-order valence-corrected chi connectivity index (χ3v) is 6.54. The van der Waals surface area contributed by atoms with Gasteiger partial charge < -0.3 is 15.1 Å². The smallest absolute Gasteiger partial charge is 0.268 e. The lowest BCUT2D eigenvalue weighted by molar-refractivity contribution is -0.124. The zero-order valence-corrected chi connectivity index (χ0v) is 18.9. The summed E-state index contributed by atoms with van der Waals surface area (Å²) in [5.74, 6) is 0.0950. The van der Waals surface area contributed by atoms with Gasteiger partial charge in [0, 0.05) is 65.5 Å². The summed E-state index contributed by atoms with van der Waals surface area (Å²) in [6, 6.07) is 12.2. The van der Waals surface area contributed by atoms with Gasteiger partial charge in [-0.25, -0.2) is 4.68 Å². The highest BCUT2D eigenvalue weighted by Crippen LogP contribution is 2.22. The van der Waals surface area contributed by atoms with E-state index in [9.17, 15) is 9.59 Å². The SMILES string of the molecule is Cn1ncc(N2CCC(C(=O)NCCCN3CCN(Cc4ccccc4)CC3)C2)cc1=O. The molecule has 0 saturated carbocycles. The number of piperazine rings is 1. The lowest BCUT2D eigenvalue weighted by Crippen LogP contribution is -2.46. The summed E-state index contributed by atoms with van der Waals surface area (Å²) < 4.78 is 1.31. The fourth-order valence-corrected chi connectivity index (χ4v) is 4.51. The lowest BCUT2D eigenvalue weighted by atomic mass is 10.1. The van der Waals surface area contributed by atoms with Gasteiger partial charge in [0.05, 0.1) is 17.8 Å². The van der Waals surface area contributed by atoms with Crippen molar-refractivity contribution in [2.75, 3.05) is 57.3 Å². The molecule has 1 atom stereocenters. The molecule has 2 saturated heterocycles. The second-order valence-electron chi connectivity index (χ2n) is 8.86. The number of nitrogens with zero attached hydrogens (tertiary/aromatic N) is 5. The summed E-state index contributed by atoms with van der Waals surface area (Å²) in [6.07, 6.45) is 3.48. The van der Waals surface area contributed by atoms with Gasteiger partial charge in [0.2, 0.25) is 5.91 Å². The maximum Gasteiger partial charge on any atom is 0.268 e. The summed E-state index contributed by atoms with van der Waals surface area (Å²) in [4.78, 5) is 31.5. The Morgan fingerprint density at radius 1 is 1.09 bits per heavy atom. The number of carbonyl (C=O) groups excluding carboxylic acids is 1. The third kappa shape index (κ3) is 5.95. The highest BCUT2D eigenvalue weighted by molar-refractivity contribution is 5.80. The average molecular weight is 439 g/mol. The van der Waals surface area contributed by atoms with Crippen molar-refractivity contribution in [1.29, 1.82) is 0 Å². The van der Waals surface area contributed by atoms with Crippen LogP contribution in [-0.4, -0.2) is 77.8 Å². The number of nitrogens with one attached hydrogen (secondary N) is 1. The van der Waals surface area contributed by atoms with Crippen LogP contribution >= 0.6 is 0 Å². The zero-order valence-electron chi connectivity index (χ0n) is 18.9. The van der Waals surface area contributed by atoms with E-state index < -0.39 is 0 Å². The molecule has 2 aliphatic rings. The van der Waals surface area contributed by atoms with Crippen molar-refractivity contribution in [2.24, 2.45) is 13.0 Å². The lowest BCUT2D eigenvalue weighted by Gasteiger charge is -2.34. The maximum atomic E-state index is 12.6. The predicted molar refractivity (Wildman–Crippen MR) is 126 cm³/mol. The van der Waals surface area contributed by atoms with Crippen molar-refractivity contribution in [3.63, 3.8) is 0 Å². The molecule has 2 aliphatic heterocycles. The number of benzene rings is 1. The normalized spacial score (nSPS) is 19.9. The van der Waals surface area contributed by atoms with Crippen LogP contribution in [0.25, 0.3) is 0 Å². The molecular weight excluding hydrogens is 404 g/mol. The fraction of sp³-hybridized carbons (Fsp3) is 0.542. The third-order valence-electron chi connectivity index (χ3n) is 6.54. The van der Waals surface area contributed by atoms with Crippen LogP contribution in [0.15, 0.2) is 47.4 Å². The van der Waals surface area contributed by atoms with Crippen molar-refractivity contribution >= 4 is 11.6 Å². The maximum absolute atomic E-state index is 12.6. The number of carbonyl (C=O) groups is 1. The molecule has 4 rings (SSSR count).